The minimum absolute atomic E-state index is 0.106. The summed E-state index contributed by atoms with van der Waals surface area (Å²) in [6, 6.07) is 31.6. The van der Waals surface area contributed by atoms with Gasteiger partial charge in [0.15, 0.2) is 0 Å². The highest BCUT2D eigenvalue weighted by molar-refractivity contribution is 5.87. The maximum Gasteiger partial charge on any atom is 0.226 e. The van der Waals surface area contributed by atoms with Gasteiger partial charge in [0.1, 0.15) is 0 Å². The first-order valence-electron chi connectivity index (χ1n) is 10.8. The molecule has 2 nitrogen and oxygen atoms in total. The number of carbonyl (C=O) groups is 1. The van der Waals surface area contributed by atoms with Crippen LogP contribution in [0.3, 0.4) is 0 Å². The fourth-order valence-electron chi connectivity index (χ4n) is 4.39. The summed E-state index contributed by atoms with van der Waals surface area (Å²) in [5, 5.41) is 0. The summed E-state index contributed by atoms with van der Waals surface area (Å²) in [7, 11) is 0. The van der Waals surface area contributed by atoms with Gasteiger partial charge in [-0.25, -0.2) is 0 Å². The molecule has 0 atom stereocenters. The third-order valence-corrected chi connectivity index (χ3v) is 5.94. The van der Waals surface area contributed by atoms with Crippen molar-refractivity contribution in [3.8, 4) is 0 Å². The van der Waals surface area contributed by atoms with Crippen LogP contribution in [0, 0.1) is 19.3 Å². The molecule has 151 valence electrons. The van der Waals surface area contributed by atoms with Crippen LogP contribution < -0.4 is 0 Å². The molecule has 3 aromatic rings. The SMILES string of the molecule is O=C([CH][CH][CH]C(c1ccccc1)(c1ccccc1)c1ccccc1)N1CCCCC1. The van der Waals surface area contributed by atoms with Gasteiger partial charge in [-0.1, -0.05) is 91.0 Å². The molecule has 3 aromatic carbocycles. The van der Waals surface area contributed by atoms with E-state index in [0.717, 1.165) is 25.9 Å². The molecule has 1 amide bonds. The second-order valence-electron chi connectivity index (χ2n) is 7.82. The molecule has 0 unspecified atom stereocenters. The average molecular weight is 395 g/mol. The zero-order valence-corrected chi connectivity index (χ0v) is 17.3. The number of hydrogen-bond acceptors (Lipinski definition) is 1. The Morgan fingerprint density at radius 2 is 1.10 bits per heavy atom. The lowest BCUT2D eigenvalue weighted by Crippen LogP contribution is -2.36. The molecule has 0 bridgehead atoms. The van der Waals surface area contributed by atoms with Gasteiger partial charge in [0.05, 0.1) is 6.42 Å². The van der Waals surface area contributed by atoms with Crippen molar-refractivity contribution in [1.29, 1.82) is 0 Å². The van der Waals surface area contributed by atoms with E-state index in [1.54, 1.807) is 6.42 Å². The van der Waals surface area contributed by atoms with Crippen LogP contribution in [0.2, 0.25) is 0 Å². The fourth-order valence-corrected chi connectivity index (χ4v) is 4.39. The summed E-state index contributed by atoms with van der Waals surface area (Å²) in [6.07, 6.45) is 9.28. The Labute approximate surface area is 180 Å². The number of likely N-dealkylation sites (tertiary alicyclic amines) is 1. The molecule has 3 radical (unpaired) electrons. The van der Waals surface area contributed by atoms with Crippen molar-refractivity contribution in [2.75, 3.05) is 13.1 Å². The number of amides is 1. The normalized spacial score (nSPS) is 14.5. The van der Waals surface area contributed by atoms with Crippen LogP contribution in [0.1, 0.15) is 36.0 Å². The van der Waals surface area contributed by atoms with E-state index in [0.29, 0.717) is 0 Å². The van der Waals surface area contributed by atoms with Crippen LogP contribution in [0.15, 0.2) is 91.0 Å². The number of hydrogen-bond donors (Lipinski definition) is 0. The van der Waals surface area contributed by atoms with Crippen LogP contribution in [0.4, 0.5) is 0 Å². The van der Waals surface area contributed by atoms with Gasteiger partial charge in [0.2, 0.25) is 5.91 Å². The van der Waals surface area contributed by atoms with Crippen molar-refractivity contribution < 1.29 is 4.79 Å². The lowest BCUT2D eigenvalue weighted by atomic mass is 9.66. The Bertz CT molecular complexity index is 818. The third kappa shape index (κ3) is 4.33. The Morgan fingerprint density at radius 1 is 0.667 bits per heavy atom. The van der Waals surface area contributed by atoms with E-state index in [4.69, 9.17) is 0 Å². The number of carbonyl (C=O) groups excluding carboxylic acids is 1. The van der Waals surface area contributed by atoms with Gasteiger partial charge in [0.25, 0.3) is 0 Å². The Morgan fingerprint density at radius 3 is 1.53 bits per heavy atom. The van der Waals surface area contributed by atoms with Gasteiger partial charge in [-0.2, -0.15) is 0 Å². The van der Waals surface area contributed by atoms with E-state index >= 15 is 0 Å². The molecule has 2 heteroatoms. The summed E-state index contributed by atoms with van der Waals surface area (Å²) >= 11 is 0. The third-order valence-electron chi connectivity index (χ3n) is 5.94. The van der Waals surface area contributed by atoms with Gasteiger partial charge in [-0.3, -0.25) is 4.79 Å². The van der Waals surface area contributed by atoms with E-state index in [-0.39, 0.29) is 5.91 Å². The number of rotatable bonds is 7. The maximum absolute atomic E-state index is 12.7. The highest BCUT2D eigenvalue weighted by atomic mass is 16.2. The van der Waals surface area contributed by atoms with Crippen molar-refractivity contribution in [1.82, 2.24) is 4.90 Å². The molecule has 4 rings (SSSR count). The Kier molecular flexibility index (Phi) is 6.63. The molecule has 1 saturated heterocycles. The van der Waals surface area contributed by atoms with Crippen LogP contribution in [0.5, 0.6) is 0 Å². The summed E-state index contributed by atoms with van der Waals surface area (Å²) in [4.78, 5) is 14.7. The minimum atomic E-state index is -0.470. The molecule has 1 aliphatic heterocycles. The topological polar surface area (TPSA) is 20.3 Å². The van der Waals surface area contributed by atoms with Crippen LogP contribution >= 0.6 is 0 Å². The summed E-state index contributed by atoms with van der Waals surface area (Å²) in [6.45, 7) is 1.73. The largest absolute Gasteiger partial charge is 0.342 e. The smallest absolute Gasteiger partial charge is 0.226 e. The van der Waals surface area contributed by atoms with Crippen molar-refractivity contribution in [3.63, 3.8) is 0 Å². The molecule has 0 saturated carbocycles. The maximum atomic E-state index is 12.7. The molecule has 0 aromatic heterocycles. The number of piperidine rings is 1. The van der Waals surface area contributed by atoms with E-state index in [1.165, 1.54) is 23.1 Å². The molecule has 1 aliphatic rings. The Hall–Kier alpha value is -2.87. The van der Waals surface area contributed by atoms with Gasteiger partial charge in [-0.05, 0) is 48.8 Å². The van der Waals surface area contributed by atoms with Gasteiger partial charge in [0, 0.05) is 18.5 Å². The predicted octanol–water partition coefficient (Wildman–Crippen LogP) is 5.65. The number of nitrogens with zero attached hydrogens (tertiary/aromatic N) is 1. The monoisotopic (exact) mass is 394 g/mol. The average Bonchev–Trinajstić information content (AvgIpc) is 2.84. The van der Waals surface area contributed by atoms with E-state index < -0.39 is 5.41 Å². The molecule has 1 heterocycles. The standard InChI is InChI=1S/C28H28NO/c30-27(29-22-11-4-12-23-29)20-13-21-28(24-14-5-1-6-15-24,25-16-7-2-8-17-25)26-18-9-3-10-19-26/h1-3,5-10,13-21H,4,11-12,22-23H2. The zero-order chi connectivity index (χ0) is 20.7. The number of benzene rings is 3. The van der Waals surface area contributed by atoms with Crippen LogP contribution in [-0.4, -0.2) is 23.9 Å². The first-order valence-corrected chi connectivity index (χ1v) is 10.8. The summed E-state index contributed by atoms with van der Waals surface area (Å²) in [5.74, 6) is 0.106. The molecule has 1 fully saturated rings. The van der Waals surface area contributed by atoms with Gasteiger partial charge in [-0.15, -0.1) is 0 Å². The van der Waals surface area contributed by atoms with Gasteiger partial charge < -0.3 is 4.90 Å². The lowest BCUT2D eigenvalue weighted by molar-refractivity contribution is -0.128. The molecule has 0 N–H and O–H groups in total. The van der Waals surface area contributed by atoms with Crippen molar-refractivity contribution >= 4 is 5.91 Å². The highest BCUT2D eigenvalue weighted by Crippen LogP contribution is 2.42. The van der Waals surface area contributed by atoms with Crippen molar-refractivity contribution in [3.05, 3.63) is 127 Å². The summed E-state index contributed by atoms with van der Waals surface area (Å²) < 4.78 is 0. The van der Waals surface area contributed by atoms with Crippen LogP contribution in [-0.2, 0) is 10.2 Å². The predicted molar refractivity (Wildman–Crippen MR) is 123 cm³/mol. The summed E-state index contributed by atoms with van der Waals surface area (Å²) in [5.41, 5.74) is 3.06. The first kappa shape index (κ1) is 20.4. The molecule has 0 spiro atoms. The van der Waals surface area contributed by atoms with Crippen LogP contribution in [0.25, 0.3) is 0 Å². The van der Waals surface area contributed by atoms with E-state index in [9.17, 15) is 4.79 Å². The lowest BCUT2D eigenvalue weighted by Gasteiger charge is -2.36. The Balaban J connectivity index is 1.67. The fraction of sp³-hybridized carbons (Fsp3) is 0.214. The molecule has 30 heavy (non-hydrogen) atoms. The van der Waals surface area contributed by atoms with Crippen molar-refractivity contribution in [2.45, 2.75) is 24.7 Å². The van der Waals surface area contributed by atoms with Crippen molar-refractivity contribution in [2.24, 2.45) is 0 Å². The van der Waals surface area contributed by atoms with Gasteiger partial charge >= 0.3 is 0 Å². The van der Waals surface area contributed by atoms with E-state index in [1.807, 2.05) is 29.5 Å². The first-order chi connectivity index (χ1) is 14.8. The molecule has 0 aliphatic carbocycles. The highest BCUT2D eigenvalue weighted by Gasteiger charge is 2.36. The second-order valence-corrected chi connectivity index (χ2v) is 7.82. The quantitative estimate of drug-likeness (QED) is 0.475. The van der Waals surface area contributed by atoms with E-state index in [2.05, 4.69) is 79.2 Å². The second kappa shape index (κ2) is 9.75. The minimum Gasteiger partial charge on any atom is -0.342 e. The zero-order valence-electron chi connectivity index (χ0n) is 17.3. The molecular weight excluding hydrogens is 366 g/mol. The molecular formula is C28H28NO.